The lowest BCUT2D eigenvalue weighted by Crippen LogP contribution is -2.03. The average molecular weight is 280 g/mol. The third kappa shape index (κ3) is 2.51. The first-order valence-corrected chi connectivity index (χ1v) is 6.32. The van der Waals surface area contributed by atoms with Crippen LogP contribution in [0.3, 0.4) is 0 Å². The van der Waals surface area contributed by atoms with Gasteiger partial charge in [0.15, 0.2) is 5.69 Å². The highest BCUT2D eigenvalue weighted by molar-refractivity contribution is 5.87. The van der Waals surface area contributed by atoms with E-state index in [9.17, 15) is 4.79 Å². The lowest BCUT2D eigenvalue weighted by molar-refractivity contribution is 0.0690. The molecule has 0 atom stereocenters. The van der Waals surface area contributed by atoms with Crippen molar-refractivity contribution in [3.05, 3.63) is 60.2 Å². The second-order valence-electron chi connectivity index (χ2n) is 4.56. The van der Waals surface area contributed by atoms with Gasteiger partial charge >= 0.3 is 5.97 Å². The maximum Gasteiger partial charge on any atom is 0.356 e. The first-order valence-electron chi connectivity index (χ1n) is 6.32. The fourth-order valence-electron chi connectivity index (χ4n) is 1.96. The number of carboxylic acids is 1. The molecule has 0 bridgehead atoms. The molecule has 6 nitrogen and oxygen atoms in total. The normalized spacial score (nSPS) is 10.5. The van der Waals surface area contributed by atoms with Crippen LogP contribution in [-0.4, -0.2) is 30.8 Å². The highest BCUT2D eigenvalue weighted by Gasteiger charge is 2.16. The molecule has 3 aromatic rings. The molecule has 0 aliphatic heterocycles. The van der Waals surface area contributed by atoms with E-state index >= 15 is 0 Å². The summed E-state index contributed by atoms with van der Waals surface area (Å²) >= 11 is 0. The van der Waals surface area contributed by atoms with Gasteiger partial charge in [0.25, 0.3) is 0 Å². The molecule has 0 saturated heterocycles. The van der Waals surface area contributed by atoms with Crippen molar-refractivity contribution >= 4 is 5.97 Å². The Labute approximate surface area is 120 Å². The predicted molar refractivity (Wildman–Crippen MR) is 76.3 cm³/mol. The minimum atomic E-state index is -1.08. The molecule has 0 aromatic carbocycles. The fourth-order valence-corrected chi connectivity index (χ4v) is 1.96. The molecule has 6 heteroatoms. The molecule has 3 heterocycles. The monoisotopic (exact) mass is 280 g/mol. The van der Waals surface area contributed by atoms with E-state index in [4.69, 9.17) is 5.11 Å². The Kier molecular flexibility index (Phi) is 3.19. The molecule has 0 unspecified atom stereocenters. The van der Waals surface area contributed by atoms with Gasteiger partial charge in [-0.3, -0.25) is 9.97 Å². The lowest BCUT2D eigenvalue weighted by atomic mass is 10.2. The van der Waals surface area contributed by atoms with Crippen LogP contribution in [0.1, 0.15) is 16.1 Å². The molecule has 0 amide bonds. The Balaban J connectivity index is 2.19. The van der Waals surface area contributed by atoms with Crippen LogP contribution < -0.4 is 0 Å². The van der Waals surface area contributed by atoms with Crippen molar-refractivity contribution in [2.75, 3.05) is 0 Å². The van der Waals surface area contributed by atoms with Crippen molar-refractivity contribution in [3.63, 3.8) is 0 Å². The van der Waals surface area contributed by atoms with Gasteiger partial charge in [-0.1, -0.05) is 6.07 Å². The van der Waals surface area contributed by atoms with Gasteiger partial charge in [-0.15, -0.1) is 0 Å². The fraction of sp³-hybridized carbons (Fsp3) is 0.0667. The zero-order valence-electron chi connectivity index (χ0n) is 11.3. The molecule has 0 aliphatic carbocycles. The summed E-state index contributed by atoms with van der Waals surface area (Å²) in [6.45, 7) is 1.94. The summed E-state index contributed by atoms with van der Waals surface area (Å²) in [5.74, 6) is -1.08. The maximum absolute atomic E-state index is 11.2. The van der Waals surface area contributed by atoms with Crippen LogP contribution in [0.5, 0.6) is 0 Å². The van der Waals surface area contributed by atoms with Gasteiger partial charge in [0, 0.05) is 18.5 Å². The van der Waals surface area contributed by atoms with E-state index in [-0.39, 0.29) is 5.69 Å². The summed E-state index contributed by atoms with van der Waals surface area (Å²) < 4.78 is 1.54. The summed E-state index contributed by atoms with van der Waals surface area (Å²) in [5.41, 5.74) is 2.95. The van der Waals surface area contributed by atoms with E-state index in [1.54, 1.807) is 24.7 Å². The van der Waals surface area contributed by atoms with E-state index in [0.29, 0.717) is 17.1 Å². The Morgan fingerprint density at radius 3 is 2.71 bits per heavy atom. The van der Waals surface area contributed by atoms with Crippen LogP contribution in [0, 0.1) is 6.92 Å². The van der Waals surface area contributed by atoms with E-state index in [2.05, 4.69) is 15.1 Å². The van der Waals surface area contributed by atoms with Gasteiger partial charge < -0.3 is 5.11 Å². The molecule has 3 rings (SSSR count). The highest BCUT2D eigenvalue weighted by atomic mass is 16.4. The number of aromatic nitrogens is 4. The van der Waals surface area contributed by atoms with E-state index < -0.39 is 5.97 Å². The van der Waals surface area contributed by atoms with E-state index in [1.807, 2.05) is 25.1 Å². The SMILES string of the molecule is Cc1ccc(-c2cc(C(=O)O)nn2-c2cccnc2)nc1. The number of aromatic carboxylic acids is 1. The minimum Gasteiger partial charge on any atom is -0.476 e. The number of carbonyl (C=O) groups is 1. The number of aryl methyl sites for hydroxylation is 1. The van der Waals surface area contributed by atoms with Gasteiger partial charge in [-0.25, -0.2) is 9.48 Å². The number of pyridine rings is 2. The molecule has 21 heavy (non-hydrogen) atoms. The standard InChI is InChI=1S/C15H12N4O2/c1-10-4-5-12(17-8-10)14-7-13(15(20)21)18-19(14)11-3-2-6-16-9-11/h2-9H,1H3,(H,20,21). The summed E-state index contributed by atoms with van der Waals surface area (Å²) in [5, 5.41) is 13.3. The Hall–Kier alpha value is -3.02. The molecule has 0 aliphatic rings. The van der Waals surface area contributed by atoms with Crippen LogP contribution in [0.15, 0.2) is 48.9 Å². The molecular formula is C15H12N4O2. The van der Waals surface area contributed by atoms with Crippen LogP contribution in [0.25, 0.3) is 17.1 Å². The van der Waals surface area contributed by atoms with Crippen molar-refractivity contribution in [1.29, 1.82) is 0 Å². The largest absolute Gasteiger partial charge is 0.476 e. The van der Waals surface area contributed by atoms with Gasteiger partial charge in [-0.2, -0.15) is 5.10 Å². The first kappa shape index (κ1) is 13.0. The number of carboxylic acid groups (broad SMARTS) is 1. The van der Waals surface area contributed by atoms with Crippen molar-refractivity contribution in [2.24, 2.45) is 0 Å². The topological polar surface area (TPSA) is 80.9 Å². The second-order valence-corrected chi connectivity index (χ2v) is 4.56. The van der Waals surface area contributed by atoms with Gasteiger partial charge in [0.1, 0.15) is 0 Å². The molecule has 1 N–H and O–H groups in total. The van der Waals surface area contributed by atoms with Crippen molar-refractivity contribution in [2.45, 2.75) is 6.92 Å². The van der Waals surface area contributed by atoms with Crippen LogP contribution in [0.2, 0.25) is 0 Å². The van der Waals surface area contributed by atoms with Crippen LogP contribution in [0.4, 0.5) is 0 Å². The lowest BCUT2D eigenvalue weighted by Gasteiger charge is -2.06. The maximum atomic E-state index is 11.2. The molecule has 0 saturated carbocycles. The molecule has 0 fully saturated rings. The highest BCUT2D eigenvalue weighted by Crippen LogP contribution is 2.22. The summed E-state index contributed by atoms with van der Waals surface area (Å²) in [6.07, 6.45) is 5.00. The molecular weight excluding hydrogens is 268 g/mol. The minimum absolute atomic E-state index is 0.0313. The molecule has 3 aromatic heterocycles. The van der Waals surface area contributed by atoms with Crippen molar-refractivity contribution in [1.82, 2.24) is 19.7 Å². The zero-order chi connectivity index (χ0) is 14.8. The van der Waals surface area contributed by atoms with Gasteiger partial charge in [0.2, 0.25) is 0 Å². The van der Waals surface area contributed by atoms with Crippen LogP contribution >= 0.6 is 0 Å². The van der Waals surface area contributed by atoms with Gasteiger partial charge in [-0.05, 0) is 30.7 Å². The molecule has 0 radical (unpaired) electrons. The zero-order valence-corrected chi connectivity index (χ0v) is 11.3. The Bertz CT molecular complexity index is 779. The predicted octanol–water partition coefficient (Wildman–Crippen LogP) is 2.34. The van der Waals surface area contributed by atoms with E-state index in [0.717, 1.165) is 5.56 Å². The Morgan fingerprint density at radius 1 is 1.24 bits per heavy atom. The van der Waals surface area contributed by atoms with E-state index in [1.165, 1.54) is 10.7 Å². The molecule has 104 valence electrons. The van der Waals surface area contributed by atoms with Gasteiger partial charge in [0.05, 0.1) is 23.3 Å². The Morgan fingerprint density at radius 2 is 2.10 bits per heavy atom. The van der Waals surface area contributed by atoms with Crippen molar-refractivity contribution in [3.8, 4) is 17.1 Å². The first-order chi connectivity index (χ1) is 10.1. The number of rotatable bonds is 3. The smallest absolute Gasteiger partial charge is 0.356 e. The quantitative estimate of drug-likeness (QED) is 0.796. The third-order valence-electron chi connectivity index (χ3n) is 2.99. The average Bonchev–Trinajstić information content (AvgIpc) is 2.94. The number of hydrogen-bond donors (Lipinski definition) is 1. The second kappa shape index (κ2) is 5.16. The van der Waals surface area contributed by atoms with Crippen molar-refractivity contribution < 1.29 is 9.90 Å². The summed E-state index contributed by atoms with van der Waals surface area (Å²) in [7, 11) is 0. The number of hydrogen-bond acceptors (Lipinski definition) is 4. The molecule has 0 spiro atoms. The van der Waals surface area contributed by atoms with Crippen LogP contribution in [-0.2, 0) is 0 Å². The number of nitrogens with zero attached hydrogens (tertiary/aromatic N) is 4. The third-order valence-corrected chi connectivity index (χ3v) is 2.99. The summed E-state index contributed by atoms with van der Waals surface area (Å²) in [4.78, 5) is 19.5. The summed E-state index contributed by atoms with van der Waals surface area (Å²) in [6, 6.07) is 8.84.